The first-order chi connectivity index (χ1) is 6.76. The summed E-state index contributed by atoms with van der Waals surface area (Å²) in [6, 6.07) is 3.48. The van der Waals surface area contributed by atoms with E-state index in [1.54, 1.807) is 11.4 Å². The molecule has 1 aromatic carbocycles. The molecule has 0 aliphatic carbocycles. The number of alkyl halides is 1. The molecule has 2 nitrogen and oxygen atoms in total. The summed E-state index contributed by atoms with van der Waals surface area (Å²) in [5, 5.41) is 12.0. The number of phenolic OH excluding ortho intramolecular Hbond substituents is 1. The number of carbonyl (C=O) groups excluding carboxylic acids is 1. The van der Waals surface area contributed by atoms with Gasteiger partial charge in [0.25, 0.3) is 0 Å². The number of hydrogen-bond acceptors (Lipinski definition) is 3. The fraction of sp³-hybridized carbons (Fsp3) is 0.100. The van der Waals surface area contributed by atoms with Crippen LogP contribution in [0.2, 0.25) is 0 Å². The molecule has 0 bridgehead atoms. The van der Waals surface area contributed by atoms with Gasteiger partial charge in [-0.3, -0.25) is 4.79 Å². The minimum atomic E-state index is 0.126. The lowest BCUT2D eigenvalue weighted by molar-refractivity contribution is 0.112. The van der Waals surface area contributed by atoms with Crippen molar-refractivity contribution in [2.75, 3.05) is 0 Å². The Balaban J connectivity index is 2.78. The highest BCUT2D eigenvalue weighted by Crippen LogP contribution is 2.34. The molecule has 4 heteroatoms. The van der Waals surface area contributed by atoms with E-state index in [1.165, 1.54) is 11.3 Å². The second kappa shape index (κ2) is 3.59. The van der Waals surface area contributed by atoms with Gasteiger partial charge in [0.05, 0.1) is 0 Å². The van der Waals surface area contributed by atoms with Crippen molar-refractivity contribution in [2.45, 2.75) is 5.88 Å². The molecule has 1 heterocycles. The van der Waals surface area contributed by atoms with Crippen molar-refractivity contribution in [2.24, 2.45) is 0 Å². The average molecular weight is 227 g/mol. The molecule has 0 aliphatic rings. The van der Waals surface area contributed by atoms with Crippen LogP contribution in [0, 0.1) is 0 Å². The van der Waals surface area contributed by atoms with Crippen molar-refractivity contribution < 1.29 is 9.90 Å². The molecule has 0 unspecified atom stereocenters. The Bertz CT molecular complexity index is 490. The molecule has 1 aromatic heterocycles. The van der Waals surface area contributed by atoms with E-state index in [1.807, 2.05) is 6.07 Å². The molecule has 0 aliphatic heterocycles. The zero-order valence-corrected chi connectivity index (χ0v) is 8.73. The average Bonchev–Trinajstić information content (AvgIpc) is 2.61. The minimum Gasteiger partial charge on any atom is -0.507 e. The molecule has 0 amide bonds. The van der Waals surface area contributed by atoms with Crippen LogP contribution in [0.3, 0.4) is 0 Å². The van der Waals surface area contributed by atoms with Crippen molar-refractivity contribution in [3.63, 3.8) is 0 Å². The highest BCUT2D eigenvalue weighted by atomic mass is 35.5. The van der Waals surface area contributed by atoms with Crippen LogP contribution < -0.4 is 0 Å². The first-order valence-corrected chi connectivity index (χ1v) is 5.42. The van der Waals surface area contributed by atoms with Crippen LogP contribution in [-0.2, 0) is 5.88 Å². The van der Waals surface area contributed by atoms with Crippen molar-refractivity contribution in [1.82, 2.24) is 0 Å². The van der Waals surface area contributed by atoms with Crippen LogP contribution in [0.5, 0.6) is 5.75 Å². The molecule has 0 saturated carbocycles. The van der Waals surface area contributed by atoms with Crippen LogP contribution in [0.4, 0.5) is 0 Å². The second-order valence-corrected chi connectivity index (χ2v) is 4.11. The number of aromatic hydroxyl groups is 1. The highest BCUT2D eigenvalue weighted by Gasteiger charge is 2.09. The maximum atomic E-state index is 10.7. The lowest BCUT2D eigenvalue weighted by atomic mass is 10.1. The van der Waals surface area contributed by atoms with Crippen LogP contribution >= 0.6 is 22.9 Å². The lowest BCUT2D eigenvalue weighted by Crippen LogP contribution is -1.80. The predicted molar refractivity (Wildman–Crippen MR) is 58.4 cm³/mol. The zero-order valence-electron chi connectivity index (χ0n) is 7.16. The fourth-order valence-electron chi connectivity index (χ4n) is 1.39. The van der Waals surface area contributed by atoms with E-state index in [0.29, 0.717) is 16.8 Å². The Morgan fingerprint density at radius 2 is 2.29 bits per heavy atom. The summed E-state index contributed by atoms with van der Waals surface area (Å²) in [7, 11) is 0. The van der Waals surface area contributed by atoms with Crippen LogP contribution in [-0.4, -0.2) is 11.4 Å². The van der Waals surface area contributed by atoms with E-state index in [-0.39, 0.29) is 5.75 Å². The molecular formula is C10H7ClO2S. The molecule has 1 N–H and O–H groups in total. The quantitative estimate of drug-likeness (QED) is 0.631. The summed E-state index contributed by atoms with van der Waals surface area (Å²) in [4.78, 5) is 10.7. The molecule has 0 radical (unpaired) electrons. The predicted octanol–water partition coefficient (Wildman–Crippen LogP) is 3.16. The first-order valence-electron chi connectivity index (χ1n) is 4.00. The molecule has 0 spiro atoms. The molecule has 0 atom stereocenters. The van der Waals surface area contributed by atoms with Gasteiger partial charge >= 0.3 is 0 Å². The number of hydrogen-bond donors (Lipinski definition) is 1. The number of aldehydes is 1. The molecule has 2 aromatic rings. The third kappa shape index (κ3) is 1.38. The van der Waals surface area contributed by atoms with E-state index in [2.05, 4.69) is 0 Å². The Kier molecular flexibility index (Phi) is 2.44. The maximum Gasteiger partial charge on any atom is 0.151 e. The van der Waals surface area contributed by atoms with Crippen LogP contribution in [0.1, 0.15) is 15.9 Å². The summed E-state index contributed by atoms with van der Waals surface area (Å²) in [6.07, 6.45) is 0.749. The highest BCUT2D eigenvalue weighted by molar-refractivity contribution is 7.17. The molecule has 0 fully saturated rings. The van der Waals surface area contributed by atoms with E-state index >= 15 is 0 Å². The Labute approximate surface area is 89.7 Å². The van der Waals surface area contributed by atoms with E-state index < -0.39 is 0 Å². The lowest BCUT2D eigenvalue weighted by Gasteiger charge is -1.99. The van der Waals surface area contributed by atoms with Gasteiger partial charge in [-0.2, -0.15) is 0 Å². The number of thiophene rings is 1. The van der Waals surface area contributed by atoms with Crippen LogP contribution in [0.25, 0.3) is 10.1 Å². The van der Waals surface area contributed by atoms with Gasteiger partial charge in [-0.05, 0) is 17.7 Å². The summed E-state index contributed by atoms with van der Waals surface area (Å²) < 4.78 is 0.891. The summed E-state index contributed by atoms with van der Waals surface area (Å²) >= 11 is 7.10. The Hall–Kier alpha value is -1.06. The number of halogens is 1. The van der Waals surface area contributed by atoms with Crippen LogP contribution in [0.15, 0.2) is 17.5 Å². The molecule has 0 saturated heterocycles. The van der Waals surface area contributed by atoms with Crippen molar-refractivity contribution >= 4 is 39.3 Å². The molecular weight excluding hydrogens is 220 g/mol. The molecule has 2 rings (SSSR count). The van der Waals surface area contributed by atoms with E-state index in [4.69, 9.17) is 11.6 Å². The van der Waals surface area contributed by atoms with Gasteiger partial charge in [-0.15, -0.1) is 22.9 Å². The Morgan fingerprint density at radius 3 is 2.93 bits per heavy atom. The molecule has 72 valence electrons. The summed E-state index contributed by atoms with van der Waals surface area (Å²) in [5.41, 5.74) is 1.39. The van der Waals surface area contributed by atoms with Gasteiger partial charge in [-0.1, -0.05) is 0 Å². The maximum absolute atomic E-state index is 10.7. The van der Waals surface area contributed by atoms with Gasteiger partial charge in [0.15, 0.2) is 6.29 Å². The second-order valence-electron chi connectivity index (χ2n) is 2.93. The summed E-state index contributed by atoms with van der Waals surface area (Å²) in [6.45, 7) is 0. The Morgan fingerprint density at radius 1 is 1.50 bits per heavy atom. The van der Waals surface area contributed by atoms with Crippen molar-refractivity contribution in [1.29, 1.82) is 0 Å². The number of phenols is 1. The normalized spacial score (nSPS) is 10.6. The minimum absolute atomic E-state index is 0.126. The van der Waals surface area contributed by atoms with Crippen molar-refractivity contribution in [3.8, 4) is 5.75 Å². The third-order valence-electron chi connectivity index (χ3n) is 2.02. The van der Waals surface area contributed by atoms with Crippen molar-refractivity contribution in [3.05, 3.63) is 28.6 Å². The van der Waals surface area contributed by atoms with Gasteiger partial charge in [-0.25, -0.2) is 0 Å². The molecule has 14 heavy (non-hydrogen) atoms. The fourth-order valence-corrected chi connectivity index (χ4v) is 2.53. The monoisotopic (exact) mass is 226 g/mol. The topological polar surface area (TPSA) is 37.3 Å². The third-order valence-corrected chi connectivity index (χ3v) is 3.28. The van der Waals surface area contributed by atoms with Gasteiger partial charge in [0.1, 0.15) is 5.75 Å². The number of rotatable bonds is 2. The summed E-state index contributed by atoms with van der Waals surface area (Å²) in [5.74, 6) is 0.485. The van der Waals surface area contributed by atoms with Gasteiger partial charge in [0, 0.05) is 26.9 Å². The standard InChI is InChI=1S/C10H7ClO2S/c11-3-6-1-8(13)10-7(4-12)5-14-9(10)2-6/h1-2,4-5,13H,3H2. The SMILES string of the molecule is O=Cc1csc2cc(CCl)cc(O)c12. The van der Waals surface area contributed by atoms with E-state index in [0.717, 1.165) is 16.5 Å². The number of benzene rings is 1. The smallest absolute Gasteiger partial charge is 0.151 e. The van der Waals surface area contributed by atoms with Gasteiger partial charge in [0.2, 0.25) is 0 Å². The number of carbonyl (C=O) groups is 1. The van der Waals surface area contributed by atoms with E-state index in [9.17, 15) is 9.90 Å². The number of fused-ring (bicyclic) bond motifs is 1. The van der Waals surface area contributed by atoms with Gasteiger partial charge < -0.3 is 5.11 Å². The zero-order chi connectivity index (χ0) is 10.1. The first kappa shape index (κ1) is 9.49. The largest absolute Gasteiger partial charge is 0.507 e.